The summed E-state index contributed by atoms with van der Waals surface area (Å²) in [7, 11) is 0. The van der Waals surface area contributed by atoms with Crippen molar-refractivity contribution in [1.82, 2.24) is 10.2 Å². The lowest BCUT2D eigenvalue weighted by atomic mass is 10.2. The quantitative estimate of drug-likeness (QED) is 0.758. The Morgan fingerprint density at radius 3 is 2.87 bits per heavy atom. The third kappa shape index (κ3) is 2.41. The van der Waals surface area contributed by atoms with Crippen LogP contribution in [0, 0.1) is 0 Å². The minimum Gasteiger partial charge on any atom is -0.389 e. The van der Waals surface area contributed by atoms with Gasteiger partial charge in [-0.15, -0.1) is 5.10 Å². The van der Waals surface area contributed by atoms with E-state index in [4.69, 9.17) is 18.0 Å². The maximum atomic E-state index is 5.61. The first-order chi connectivity index (χ1) is 7.27. The molecule has 80 valence electrons. The number of hydrogen-bond acceptors (Lipinski definition) is 4. The van der Waals surface area contributed by atoms with Crippen LogP contribution in [0.1, 0.15) is 31.2 Å². The van der Waals surface area contributed by atoms with E-state index in [1.54, 1.807) is 12.3 Å². The van der Waals surface area contributed by atoms with Crippen LogP contribution < -0.4 is 11.1 Å². The number of rotatable bonds is 3. The molecule has 1 heterocycles. The summed E-state index contributed by atoms with van der Waals surface area (Å²) < 4.78 is 0. The topological polar surface area (TPSA) is 63.8 Å². The van der Waals surface area contributed by atoms with Crippen LogP contribution in [0.2, 0.25) is 0 Å². The Labute approximate surface area is 94.3 Å². The third-order valence-electron chi connectivity index (χ3n) is 2.68. The fraction of sp³-hybridized carbons (Fsp3) is 0.500. The van der Waals surface area contributed by atoms with Crippen LogP contribution >= 0.6 is 12.2 Å². The first-order valence-corrected chi connectivity index (χ1v) is 5.56. The van der Waals surface area contributed by atoms with Crippen molar-refractivity contribution in [2.75, 3.05) is 5.32 Å². The van der Waals surface area contributed by atoms with Gasteiger partial charge in [-0.2, -0.15) is 5.10 Å². The van der Waals surface area contributed by atoms with Crippen molar-refractivity contribution in [3.63, 3.8) is 0 Å². The molecule has 3 N–H and O–H groups in total. The average molecular weight is 222 g/mol. The zero-order valence-corrected chi connectivity index (χ0v) is 9.26. The maximum Gasteiger partial charge on any atom is 0.159 e. The van der Waals surface area contributed by atoms with Gasteiger partial charge in [0.2, 0.25) is 0 Å². The van der Waals surface area contributed by atoms with E-state index in [9.17, 15) is 0 Å². The van der Waals surface area contributed by atoms with Crippen molar-refractivity contribution in [3.05, 3.63) is 17.8 Å². The maximum absolute atomic E-state index is 5.61. The number of thiocarbonyl (C=S) groups is 1. The SMILES string of the molecule is NC(=S)c1ccnnc1NC1CCCC1. The molecular weight excluding hydrogens is 208 g/mol. The highest BCUT2D eigenvalue weighted by atomic mass is 32.1. The second kappa shape index (κ2) is 4.53. The van der Waals surface area contributed by atoms with Crippen LogP contribution in [-0.4, -0.2) is 21.2 Å². The second-order valence-electron chi connectivity index (χ2n) is 3.78. The summed E-state index contributed by atoms with van der Waals surface area (Å²) in [4.78, 5) is 0.366. The Bertz CT molecular complexity index is 360. The molecule has 0 unspecified atom stereocenters. The first kappa shape index (κ1) is 10.3. The number of nitrogens with one attached hydrogen (secondary N) is 1. The molecular formula is C10H14N4S. The molecule has 1 saturated carbocycles. The van der Waals surface area contributed by atoms with Crippen LogP contribution in [0.5, 0.6) is 0 Å². The number of nitrogens with two attached hydrogens (primary N) is 1. The Balaban J connectivity index is 2.15. The zero-order chi connectivity index (χ0) is 10.7. The van der Waals surface area contributed by atoms with Gasteiger partial charge in [-0.3, -0.25) is 0 Å². The summed E-state index contributed by atoms with van der Waals surface area (Å²) in [6.45, 7) is 0. The number of aromatic nitrogens is 2. The predicted octanol–water partition coefficient (Wildman–Crippen LogP) is 1.47. The van der Waals surface area contributed by atoms with Crippen LogP contribution in [0.4, 0.5) is 5.82 Å². The molecule has 0 bridgehead atoms. The number of anilines is 1. The summed E-state index contributed by atoms with van der Waals surface area (Å²) in [5, 5.41) is 11.2. The van der Waals surface area contributed by atoms with E-state index in [0.29, 0.717) is 11.0 Å². The van der Waals surface area contributed by atoms with Gasteiger partial charge in [-0.25, -0.2) is 0 Å². The van der Waals surface area contributed by atoms with Gasteiger partial charge in [-0.05, 0) is 18.9 Å². The van der Waals surface area contributed by atoms with Crippen LogP contribution in [0.25, 0.3) is 0 Å². The summed E-state index contributed by atoms with van der Waals surface area (Å²) in [5.74, 6) is 0.719. The molecule has 1 aliphatic carbocycles. The van der Waals surface area contributed by atoms with Gasteiger partial charge >= 0.3 is 0 Å². The van der Waals surface area contributed by atoms with Crippen molar-refractivity contribution in [1.29, 1.82) is 0 Å². The van der Waals surface area contributed by atoms with Gasteiger partial charge in [0.1, 0.15) is 4.99 Å². The second-order valence-corrected chi connectivity index (χ2v) is 4.22. The summed E-state index contributed by atoms with van der Waals surface area (Å²) in [5.41, 5.74) is 6.40. The number of nitrogens with zero attached hydrogens (tertiary/aromatic N) is 2. The van der Waals surface area contributed by atoms with E-state index in [2.05, 4.69) is 15.5 Å². The molecule has 0 atom stereocenters. The molecule has 1 aromatic rings. The summed E-state index contributed by atoms with van der Waals surface area (Å²) >= 11 is 4.96. The molecule has 0 saturated heterocycles. The minimum atomic E-state index is 0.366. The van der Waals surface area contributed by atoms with Gasteiger partial charge in [0.05, 0.1) is 11.8 Å². The highest BCUT2D eigenvalue weighted by Crippen LogP contribution is 2.22. The third-order valence-corrected chi connectivity index (χ3v) is 2.90. The molecule has 2 rings (SSSR count). The van der Waals surface area contributed by atoms with Crippen molar-refractivity contribution in [2.45, 2.75) is 31.7 Å². The molecule has 4 nitrogen and oxygen atoms in total. The molecule has 1 aromatic heterocycles. The normalized spacial score (nSPS) is 16.5. The van der Waals surface area contributed by atoms with Crippen molar-refractivity contribution in [2.24, 2.45) is 5.73 Å². The fourth-order valence-corrected chi connectivity index (χ4v) is 2.07. The van der Waals surface area contributed by atoms with Crippen LogP contribution in [0.15, 0.2) is 12.3 Å². The number of hydrogen-bond donors (Lipinski definition) is 2. The lowest BCUT2D eigenvalue weighted by Gasteiger charge is -2.14. The molecule has 5 heteroatoms. The van der Waals surface area contributed by atoms with E-state index >= 15 is 0 Å². The van der Waals surface area contributed by atoms with E-state index in [0.717, 1.165) is 11.4 Å². The highest BCUT2D eigenvalue weighted by molar-refractivity contribution is 7.80. The average Bonchev–Trinajstić information content (AvgIpc) is 2.71. The smallest absolute Gasteiger partial charge is 0.159 e. The van der Waals surface area contributed by atoms with Crippen LogP contribution in [0.3, 0.4) is 0 Å². The lowest BCUT2D eigenvalue weighted by Crippen LogP contribution is -2.20. The van der Waals surface area contributed by atoms with E-state index in [1.807, 2.05) is 0 Å². The van der Waals surface area contributed by atoms with Gasteiger partial charge < -0.3 is 11.1 Å². The van der Waals surface area contributed by atoms with Gasteiger partial charge in [0.15, 0.2) is 5.82 Å². The molecule has 1 fully saturated rings. The summed E-state index contributed by atoms with van der Waals surface area (Å²) in [6.07, 6.45) is 6.54. The Morgan fingerprint density at radius 1 is 1.47 bits per heavy atom. The molecule has 15 heavy (non-hydrogen) atoms. The minimum absolute atomic E-state index is 0.366. The van der Waals surface area contributed by atoms with Crippen LogP contribution in [-0.2, 0) is 0 Å². The van der Waals surface area contributed by atoms with E-state index < -0.39 is 0 Å². The van der Waals surface area contributed by atoms with Gasteiger partial charge in [-0.1, -0.05) is 25.1 Å². The monoisotopic (exact) mass is 222 g/mol. The van der Waals surface area contributed by atoms with Crippen molar-refractivity contribution >= 4 is 23.0 Å². The Morgan fingerprint density at radius 2 is 2.20 bits per heavy atom. The molecule has 1 aliphatic rings. The predicted molar refractivity (Wildman–Crippen MR) is 63.8 cm³/mol. The highest BCUT2D eigenvalue weighted by Gasteiger charge is 2.17. The standard InChI is InChI=1S/C10H14N4S/c11-9(15)8-5-6-12-14-10(8)13-7-3-1-2-4-7/h5-7H,1-4H2,(H2,11,15)(H,13,14). The fourth-order valence-electron chi connectivity index (χ4n) is 1.90. The Hall–Kier alpha value is -1.23. The Kier molecular flexibility index (Phi) is 3.11. The lowest BCUT2D eigenvalue weighted by molar-refractivity contribution is 0.746. The molecule has 0 aliphatic heterocycles. The van der Waals surface area contributed by atoms with E-state index in [1.165, 1.54) is 25.7 Å². The molecule has 0 radical (unpaired) electrons. The molecule has 0 amide bonds. The van der Waals surface area contributed by atoms with E-state index in [-0.39, 0.29) is 0 Å². The van der Waals surface area contributed by atoms with Gasteiger partial charge in [0, 0.05) is 6.04 Å². The first-order valence-electron chi connectivity index (χ1n) is 5.15. The van der Waals surface area contributed by atoms with Gasteiger partial charge in [0.25, 0.3) is 0 Å². The zero-order valence-electron chi connectivity index (χ0n) is 8.44. The molecule has 0 spiro atoms. The summed E-state index contributed by atoms with van der Waals surface area (Å²) in [6, 6.07) is 2.29. The van der Waals surface area contributed by atoms with Crippen molar-refractivity contribution < 1.29 is 0 Å². The molecule has 0 aromatic carbocycles. The van der Waals surface area contributed by atoms with Crippen molar-refractivity contribution in [3.8, 4) is 0 Å². The largest absolute Gasteiger partial charge is 0.389 e.